The molecule has 2 amide bonds. The Morgan fingerprint density at radius 3 is 2.65 bits per heavy atom. The highest BCUT2D eigenvalue weighted by Crippen LogP contribution is 2.59. The van der Waals surface area contributed by atoms with Gasteiger partial charge < -0.3 is 29.1 Å². The molecule has 3 fully saturated rings. The van der Waals surface area contributed by atoms with Crippen LogP contribution in [0.25, 0.3) is 0 Å². The zero-order chi connectivity index (χ0) is 26.6. The van der Waals surface area contributed by atoms with Gasteiger partial charge in [0.2, 0.25) is 5.91 Å². The predicted octanol–water partition coefficient (Wildman–Crippen LogP) is 2.48. The number of rotatable bonds is 13. The van der Waals surface area contributed by atoms with Gasteiger partial charge in [-0.05, 0) is 56.4 Å². The van der Waals surface area contributed by atoms with Crippen molar-refractivity contribution in [2.75, 3.05) is 38.3 Å². The van der Waals surface area contributed by atoms with Gasteiger partial charge in [-0.25, -0.2) is 0 Å². The minimum atomic E-state index is -1.12. The number of anilines is 1. The molecule has 1 aromatic carbocycles. The molecule has 4 rings (SSSR count). The average Bonchev–Trinajstić information content (AvgIpc) is 3.55. The summed E-state index contributed by atoms with van der Waals surface area (Å²) >= 11 is 0. The molecule has 3 aliphatic heterocycles. The number of hydrogen-bond acceptors (Lipinski definition) is 7. The van der Waals surface area contributed by atoms with Crippen LogP contribution in [0.4, 0.5) is 5.69 Å². The predicted molar refractivity (Wildman–Crippen MR) is 137 cm³/mol. The summed E-state index contributed by atoms with van der Waals surface area (Å²) in [5, 5.41) is 9.50. The average molecular weight is 513 g/mol. The fourth-order valence-corrected chi connectivity index (χ4v) is 6.04. The fourth-order valence-electron chi connectivity index (χ4n) is 6.04. The Bertz CT molecular complexity index is 1030. The number of carbonyl (C=O) groups is 3. The second-order valence-electron chi connectivity index (χ2n) is 9.70. The summed E-state index contributed by atoms with van der Waals surface area (Å²) in [4.78, 5) is 44.3. The number of unbranched alkanes of at least 4 members (excludes halogenated alkanes) is 1. The molecule has 0 saturated carbocycles. The Balaban J connectivity index is 1.67. The van der Waals surface area contributed by atoms with Gasteiger partial charge in [-0.1, -0.05) is 12.2 Å². The van der Waals surface area contributed by atoms with Gasteiger partial charge in [0.15, 0.2) is 0 Å². The van der Waals surface area contributed by atoms with E-state index in [1.165, 1.54) is 4.90 Å². The number of carbonyl (C=O) groups excluding carboxylic acids is 3. The zero-order valence-electron chi connectivity index (χ0n) is 21.3. The van der Waals surface area contributed by atoms with Crippen LogP contribution in [0.3, 0.4) is 0 Å². The van der Waals surface area contributed by atoms with Crippen LogP contribution in [0, 0.1) is 11.8 Å². The molecule has 0 aromatic heterocycles. The molecule has 9 heteroatoms. The van der Waals surface area contributed by atoms with Crippen molar-refractivity contribution >= 4 is 23.5 Å². The molecule has 1 N–H and O–H groups in total. The van der Waals surface area contributed by atoms with E-state index in [-0.39, 0.29) is 38.1 Å². The van der Waals surface area contributed by atoms with Crippen LogP contribution in [0.2, 0.25) is 0 Å². The lowest BCUT2D eigenvalue weighted by Crippen LogP contribution is -2.56. The largest absolute Gasteiger partial charge is 0.497 e. The summed E-state index contributed by atoms with van der Waals surface area (Å²) in [7, 11) is 1.57. The Morgan fingerprint density at radius 2 is 2.00 bits per heavy atom. The first-order valence-electron chi connectivity index (χ1n) is 12.9. The number of nitrogens with zero attached hydrogens (tertiary/aromatic N) is 2. The number of aliphatic hydroxyl groups excluding tert-OH is 1. The standard InChI is InChI=1S/C28H36N2O7/c1-4-6-7-18-36-27(34)22-21-13-14-28(37-21)23(22)25(32)30(16-8-17-31)24(28)26(33)29(15-5-2)19-9-11-20(35-3)12-10-19/h4-5,9-12,21-24,31H,1-2,6-8,13-18H2,3H3/t21-,22+,23-,24?,28?/m0/s1. The van der Waals surface area contributed by atoms with Crippen LogP contribution in [-0.2, 0) is 23.9 Å². The Hall–Kier alpha value is -3.17. The lowest BCUT2D eigenvalue weighted by molar-refractivity contribution is -0.155. The van der Waals surface area contributed by atoms with Crippen LogP contribution in [-0.4, -0.2) is 79.0 Å². The van der Waals surface area contributed by atoms with Crippen molar-refractivity contribution in [3.8, 4) is 5.75 Å². The Kier molecular flexibility index (Phi) is 8.34. The number of fused-ring (bicyclic) bond motifs is 1. The van der Waals surface area contributed by atoms with E-state index in [0.29, 0.717) is 37.1 Å². The highest BCUT2D eigenvalue weighted by atomic mass is 16.6. The van der Waals surface area contributed by atoms with E-state index < -0.39 is 35.6 Å². The maximum Gasteiger partial charge on any atom is 0.312 e. The van der Waals surface area contributed by atoms with Crippen LogP contribution < -0.4 is 9.64 Å². The molecular formula is C28H36N2O7. The van der Waals surface area contributed by atoms with Gasteiger partial charge in [0.05, 0.1) is 31.7 Å². The first-order chi connectivity index (χ1) is 17.9. The summed E-state index contributed by atoms with van der Waals surface area (Å²) in [6.45, 7) is 8.01. The van der Waals surface area contributed by atoms with Gasteiger partial charge in [-0.2, -0.15) is 0 Å². The van der Waals surface area contributed by atoms with Crippen molar-refractivity contribution in [3.05, 3.63) is 49.6 Å². The van der Waals surface area contributed by atoms with Crippen molar-refractivity contribution < 1.29 is 33.7 Å². The third kappa shape index (κ3) is 4.78. The van der Waals surface area contributed by atoms with Gasteiger partial charge >= 0.3 is 5.97 Å². The molecule has 1 spiro atoms. The van der Waals surface area contributed by atoms with Crippen molar-refractivity contribution in [2.45, 2.75) is 49.9 Å². The molecule has 9 nitrogen and oxygen atoms in total. The minimum absolute atomic E-state index is 0.129. The lowest BCUT2D eigenvalue weighted by atomic mass is 9.70. The number of likely N-dealkylation sites (tertiary alicyclic amines) is 1. The molecular weight excluding hydrogens is 476 g/mol. The third-order valence-corrected chi connectivity index (χ3v) is 7.62. The lowest BCUT2D eigenvalue weighted by Gasteiger charge is -2.36. The molecule has 3 aliphatic rings. The van der Waals surface area contributed by atoms with E-state index in [1.54, 1.807) is 48.4 Å². The number of methoxy groups -OCH3 is 1. The molecule has 200 valence electrons. The maximum atomic E-state index is 14.2. The maximum absolute atomic E-state index is 14.2. The first-order valence-corrected chi connectivity index (χ1v) is 12.9. The first kappa shape index (κ1) is 26.9. The second kappa shape index (κ2) is 11.5. The van der Waals surface area contributed by atoms with E-state index >= 15 is 0 Å². The quantitative estimate of drug-likeness (QED) is 0.246. The Labute approximate surface area is 217 Å². The van der Waals surface area contributed by atoms with Gasteiger partial charge in [0.1, 0.15) is 17.4 Å². The van der Waals surface area contributed by atoms with Gasteiger partial charge in [0, 0.05) is 25.4 Å². The van der Waals surface area contributed by atoms with Gasteiger partial charge in [0.25, 0.3) is 5.91 Å². The number of esters is 1. The minimum Gasteiger partial charge on any atom is -0.497 e. The molecule has 5 atom stereocenters. The summed E-state index contributed by atoms with van der Waals surface area (Å²) in [6, 6.07) is 6.15. The molecule has 3 saturated heterocycles. The normalized spacial score (nSPS) is 27.6. The number of amides is 2. The molecule has 37 heavy (non-hydrogen) atoms. The van der Waals surface area contributed by atoms with Crippen molar-refractivity contribution in [3.63, 3.8) is 0 Å². The smallest absolute Gasteiger partial charge is 0.312 e. The SMILES string of the molecule is C=CCCCOC(=O)[C@@H]1[C@@H]2CCC3(O2)C(C(=O)N(CC=C)c2ccc(OC)cc2)N(CCCO)C(=O)[C@H]13. The molecule has 2 unspecified atom stereocenters. The van der Waals surface area contributed by atoms with E-state index in [1.807, 2.05) is 0 Å². The summed E-state index contributed by atoms with van der Waals surface area (Å²) in [5.74, 6) is -1.96. The number of ether oxygens (including phenoxy) is 3. The molecule has 2 bridgehead atoms. The van der Waals surface area contributed by atoms with Gasteiger partial charge in [-0.15, -0.1) is 13.2 Å². The number of allylic oxidation sites excluding steroid dienone is 1. The third-order valence-electron chi connectivity index (χ3n) is 7.62. The molecule has 0 aliphatic carbocycles. The summed E-state index contributed by atoms with van der Waals surface area (Å²) < 4.78 is 17.2. The Morgan fingerprint density at radius 1 is 1.24 bits per heavy atom. The van der Waals surface area contributed by atoms with E-state index in [0.717, 1.165) is 6.42 Å². The van der Waals surface area contributed by atoms with Crippen molar-refractivity contribution in [1.29, 1.82) is 0 Å². The van der Waals surface area contributed by atoms with Crippen LogP contribution in [0.1, 0.15) is 32.1 Å². The van der Waals surface area contributed by atoms with Crippen LogP contribution >= 0.6 is 0 Å². The van der Waals surface area contributed by atoms with Crippen molar-refractivity contribution in [2.24, 2.45) is 11.8 Å². The summed E-state index contributed by atoms with van der Waals surface area (Å²) in [6.07, 6.45) is 5.66. The highest BCUT2D eigenvalue weighted by molar-refractivity contribution is 6.04. The number of hydrogen-bond donors (Lipinski definition) is 1. The summed E-state index contributed by atoms with van der Waals surface area (Å²) in [5.41, 5.74) is -0.490. The van der Waals surface area contributed by atoms with Crippen molar-refractivity contribution in [1.82, 2.24) is 4.90 Å². The fraction of sp³-hybridized carbons (Fsp3) is 0.536. The zero-order valence-corrected chi connectivity index (χ0v) is 21.3. The van der Waals surface area contributed by atoms with Crippen LogP contribution in [0.5, 0.6) is 5.75 Å². The van der Waals surface area contributed by atoms with E-state index in [9.17, 15) is 19.5 Å². The monoisotopic (exact) mass is 512 g/mol. The highest BCUT2D eigenvalue weighted by Gasteiger charge is 2.75. The van der Waals surface area contributed by atoms with Gasteiger partial charge in [-0.3, -0.25) is 14.4 Å². The second-order valence-corrected chi connectivity index (χ2v) is 9.70. The molecule has 1 aromatic rings. The molecule has 3 heterocycles. The van der Waals surface area contributed by atoms with E-state index in [2.05, 4.69) is 13.2 Å². The number of aliphatic hydroxyl groups is 1. The topological polar surface area (TPSA) is 106 Å². The number of benzene rings is 1. The molecule has 0 radical (unpaired) electrons. The van der Waals surface area contributed by atoms with Crippen LogP contribution in [0.15, 0.2) is 49.6 Å². The van der Waals surface area contributed by atoms with E-state index in [4.69, 9.17) is 14.2 Å².